The Morgan fingerprint density at radius 1 is 1.27 bits per heavy atom. The van der Waals surface area contributed by atoms with Crippen LogP contribution in [0.5, 0.6) is 17.2 Å². The number of hydrogen-bond donors (Lipinski definition) is 2. The summed E-state index contributed by atoms with van der Waals surface area (Å²) >= 11 is 0. The smallest absolute Gasteiger partial charge is 0.277 e. The van der Waals surface area contributed by atoms with E-state index in [-0.39, 0.29) is 18.3 Å². The van der Waals surface area contributed by atoms with Gasteiger partial charge in [0.2, 0.25) is 0 Å². The van der Waals surface area contributed by atoms with Crippen molar-refractivity contribution in [3.05, 3.63) is 54.1 Å². The zero-order chi connectivity index (χ0) is 15.8. The number of phenolic OH excluding ortho intramolecular Hbond substituents is 1. The van der Waals surface area contributed by atoms with Crippen molar-refractivity contribution in [2.24, 2.45) is 5.10 Å². The van der Waals surface area contributed by atoms with Crippen LogP contribution in [0.1, 0.15) is 5.56 Å². The van der Waals surface area contributed by atoms with Crippen LogP contribution in [-0.2, 0) is 4.79 Å². The molecule has 114 valence electrons. The third kappa shape index (κ3) is 4.52. The van der Waals surface area contributed by atoms with Gasteiger partial charge in [-0.2, -0.15) is 5.10 Å². The standard InChI is InChI=1S/C16H16N2O4/c1-21-15-9-12(7-8-14(15)19)10-17-18-16(20)11-22-13-5-3-2-4-6-13/h2-10,19H,11H2,1H3,(H,18,20)/b17-10-. The fraction of sp³-hybridized carbons (Fsp3) is 0.125. The summed E-state index contributed by atoms with van der Waals surface area (Å²) in [6, 6.07) is 13.8. The molecule has 0 heterocycles. The first-order valence-corrected chi connectivity index (χ1v) is 6.56. The molecular formula is C16H16N2O4. The topological polar surface area (TPSA) is 80.2 Å². The number of nitrogens with one attached hydrogen (secondary N) is 1. The van der Waals surface area contributed by atoms with E-state index in [2.05, 4.69) is 10.5 Å². The van der Waals surface area contributed by atoms with Crippen LogP contribution in [0.15, 0.2) is 53.6 Å². The minimum absolute atomic E-state index is 0.0416. The maximum atomic E-state index is 11.6. The van der Waals surface area contributed by atoms with Crippen LogP contribution >= 0.6 is 0 Å². The summed E-state index contributed by atoms with van der Waals surface area (Å²) in [6.07, 6.45) is 1.45. The zero-order valence-corrected chi connectivity index (χ0v) is 12.0. The lowest BCUT2D eigenvalue weighted by molar-refractivity contribution is -0.123. The molecule has 0 fully saturated rings. The summed E-state index contributed by atoms with van der Waals surface area (Å²) in [7, 11) is 1.46. The van der Waals surface area contributed by atoms with Crippen molar-refractivity contribution >= 4 is 12.1 Å². The van der Waals surface area contributed by atoms with E-state index in [1.807, 2.05) is 18.2 Å². The fourth-order valence-corrected chi connectivity index (χ4v) is 1.65. The molecule has 2 aromatic rings. The first kappa shape index (κ1) is 15.4. The molecular weight excluding hydrogens is 284 g/mol. The predicted molar refractivity (Wildman–Crippen MR) is 82.3 cm³/mol. The minimum Gasteiger partial charge on any atom is -0.504 e. The average molecular weight is 300 g/mol. The van der Waals surface area contributed by atoms with E-state index in [0.29, 0.717) is 17.1 Å². The lowest BCUT2D eigenvalue weighted by atomic mass is 10.2. The van der Waals surface area contributed by atoms with Crippen molar-refractivity contribution < 1.29 is 19.4 Å². The Morgan fingerprint density at radius 2 is 2.05 bits per heavy atom. The number of phenols is 1. The number of hydrogen-bond acceptors (Lipinski definition) is 5. The summed E-state index contributed by atoms with van der Waals surface area (Å²) in [6.45, 7) is -0.125. The predicted octanol–water partition coefficient (Wildman–Crippen LogP) is 1.93. The number of para-hydroxylation sites is 1. The number of benzene rings is 2. The van der Waals surface area contributed by atoms with Gasteiger partial charge in [-0.05, 0) is 35.9 Å². The maximum absolute atomic E-state index is 11.6. The Hall–Kier alpha value is -3.02. The number of amides is 1. The molecule has 0 bridgehead atoms. The second-order valence-electron chi connectivity index (χ2n) is 4.33. The molecule has 6 heteroatoms. The third-order valence-corrected chi connectivity index (χ3v) is 2.72. The van der Waals surface area contributed by atoms with Crippen molar-refractivity contribution in [2.75, 3.05) is 13.7 Å². The molecule has 2 rings (SSSR count). The molecule has 0 saturated carbocycles. The van der Waals surface area contributed by atoms with E-state index in [1.165, 1.54) is 19.4 Å². The minimum atomic E-state index is -0.370. The second kappa shape index (κ2) is 7.68. The molecule has 0 aliphatic carbocycles. The van der Waals surface area contributed by atoms with E-state index < -0.39 is 0 Å². The van der Waals surface area contributed by atoms with Crippen LogP contribution < -0.4 is 14.9 Å². The zero-order valence-electron chi connectivity index (χ0n) is 12.0. The Bertz CT molecular complexity index is 656. The van der Waals surface area contributed by atoms with E-state index >= 15 is 0 Å². The van der Waals surface area contributed by atoms with Gasteiger partial charge >= 0.3 is 0 Å². The second-order valence-corrected chi connectivity index (χ2v) is 4.33. The van der Waals surface area contributed by atoms with Crippen LogP contribution in [0.25, 0.3) is 0 Å². The Morgan fingerprint density at radius 3 is 2.77 bits per heavy atom. The monoisotopic (exact) mass is 300 g/mol. The van der Waals surface area contributed by atoms with Gasteiger partial charge in [-0.25, -0.2) is 5.43 Å². The first-order chi connectivity index (χ1) is 10.7. The van der Waals surface area contributed by atoms with Gasteiger partial charge in [-0.3, -0.25) is 4.79 Å². The van der Waals surface area contributed by atoms with Gasteiger partial charge in [0, 0.05) is 0 Å². The first-order valence-electron chi connectivity index (χ1n) is 6.56. The lowest BCUT2D eigenvalue weighted by Crippen LogP contribution is -2.24. The number of carbonyl (C=O) groups excluding carboxylic acids is 1. The molecule has 0 aromatic heterocycles. The molecule has 6 nitrogen and oxygen atoms in total. The summed E-state index contributed by atoms with van der Waals surface area (Å²) in [4.78, 5) is 11.6. The summed E-state index contributed by atoms with van der Waals surface area (Å²) in [5.74, 6) is 0.624. The Kier molecular flexibility index (Phi) is 5.37. The van der Waals surface area contributed by atoms with Crippen molar-refractivity contribution in [1.82, 2.24) is 5.43 Å². The van der Waals surface area contributed by atoms with Gasteiger partial charge < -0.3 is 14.6 Å². The summed E-state index contributed by atoms with van der Waals surface area (Å²) in [5.41, 5.74) is 3.04. The van der Waals surface area contributed by atoms with Gasteiger partial charge in [0.1, 0.15) is 5.75 Å². The molecule has 0 unspecified atom stereocenters. The molecule has 0 radical (unpaired) electrons. The van der Waals surface area contributed by atoms with E-state index in [9.17, 15) is 9.90 Å². The number of hydrazone groups is 1. The third-order valence-electron chi connectivity index (χ3n) is 2.72. The van der Waals surface area contributed by atoms with Gasteiger partial charge in [0.05, 0.1) is 13.3 Å². The quantitative estimate of drug-likeness (QED) is 0.631. The van der Waals surface area contributed by atoms with Crippen LogP contribution in [0.2, 0.25) is 0 Å². The van der Waals surface area contributed by atoms with Gasteiger partial charge in [0.15, 0.2) is 18.1 Å². The number of rotatable bonds is 6. The van der Waals surface area contributed by atoms with Crippen LogP contribution in [0.3, 0.4) is 0 Å². The molecule has 2 N–H and O–H groups in total. The number of aromatic hydroxyl groups is 1. The summed E-state index contributed by atoms with van der Waals surface area (Å²) in [5, 5.41) is 13.3. The SMILES string of the molecule is COc1cc(/C=N\NC(=O)COc2ccccc2)ccc1O. The number of nitrogens with zero attached hydrogens (tertiary/aromatic N) is 1. The normalized spacial score (nSPS) is 10.4. The Labute approximate surface area is 128 Å². The molecule has 0 aliphatic rings. The summed E-state index contributed by atoms with van der Waals surface area (Å²) < 4.78 is 10.3. The molecule has 0 aliphatic heterocycles. The van der Waals surface area contributed by atoms with Crippen LogP contribution in [-0.4, -0.2) is 30.9 Å². The van der Waals surface area contributed by atoms with Gasteiger partial charge in [0.25, 0.3) is 5.91 Å². The highest BCUT2D eigenvalue weighted by Crippen LogP contribution is 2.25. The van der Waals surface area contributed by atoms with Crippen molar-refractivity contribution in [3.63, 3.8) is 0 Å². The molecule has 1 amide bonds. The Balaban J connectivity index is 1.83. The average Bonchev–Trinajstić information content (AvgIpc) is 2.55. The van der Waals surface area contributed by atoms with Crippen molar-refractivity contribution in [3.8, 4) is 17.2 Å². The maximum Gasteiger partial charge on any atom is 0.277 e. The molecule has 0 spiro atoms. The molecule has 0 atom stereocenters. The molecule has 22 heavy (non-hydrogen) atoms. The van der Waals surface area contributed by atoms with Gasteiger partial charge in [-0.1, -0.05) is 18.2 Å². The molecule has 0 saturated heterocycles. The fourth-order valence-electron chi connectivity index (χ4n) is 1.65. The van der Waals surface area contributed by atoms with E-state index in [1.54, 1.807) is 24.3 Å². The highest BCUT2D eigenvalue weighted by Gasteiger charge is 2.02. The number of carbonyl (C=O) groups is 1. The van der Waals surface area contributed by atoms with E-state index in [4.69, 9.17) is 9.47 Å². The van der Waals surface area contributed by atoms with Crippen LogP contribution in [0, 0.1) is 0 Å². The van der Waals surface area contributed by atoms with Crippen molar-refractivity contribution in [1.29, 1.82) is 0 Å². The highest BCUT2D eigenvalue weighted by atomic mass is 16.5. The van der Waals surface area contributed by atoms with Gasteiger partial charge in [-0.15, -0.1) is 0 Å². The number of ether oxygens (including phenoxy) is 2. The lowest BCUT2D eigenvalue weighted by Gasteiger charge is -2.05. The van der Waals surface area contributed by atoms with Crippen LogP contribution in [0.4, 0.5) is 0 Å². The van der Waals surface area contributed by atoms with E-state index in [0.717, 1.165) is 0 Å². The largest absolute Gasteiger partial charge is 0.504 e. The van der Waals surface area contributed by atoms with Crippen molar-refractivity contribution in [2.45, 2.75) is 0 Å². The molecule has 2 aromatic carbocycles. The highest BCUT2D eigenvalue weighted by molar-refractivity contribution is 5.83. The number of methoxy groups -OCH3 is 1.